The summed E-state index contributed by atoms with van der Waals surface area (Å²) in [7, 11) is 0. The molecule has 2 aromatic rings. The van der Waals surface area contributed by atoms with Gasteiger partial charge < -0.3 is 15.2 Å². The minimum absolute atomic E-state index is 0.0970. The number of carbonyl (C=O) groups is 1. The van der Waals surface area contributed by atoms with Crippen molar-refractivity contribution in [3.63, 3.8) is 0 Å². The van der Waals surface area contributed by atoms with Crippen molar-refractivity contribution in [1.29, 1.82) is 0 Å². The number of ether oxygens (including phenoxy) is 1. The van der Waals surface area contributed by atoms with Crippen molar-refractivity contribution < 1.29 is 19.6 Å². The zero-order valence-corrected chi connectivity index (χ0v) is 12.2. The number of carbonyl (C=O) groups excluding carboxylic acids is 1. The Labute approximate surface area is 132 Å². The Balaban J connectivity index is 1.97. The third-order valence-corrected chi connectivity index (χ3v) is 3.17. The highest BCUT2D eigenvalue weighted by Crippen LogP contribution is 2.19. The molecule has 0 fully saturated rings. The number of nitro benzene ring substituents is 1. The number of aliphatic hydroxyl groups is 1. The lowest BCUT2D eigenvalue weighted by Gasteiger charge is -2.16. The van der Waals surface area contributed by atoms with Crippen molar-refractivity contribution in [2.24, 2.45) is 0 Å². The van der Waals surface area contributed by atoms with Crippen LogP contribution in [0.1, 0.15) is 17.2 Å². The molecule has 0 unspecified atom stereocenters. The second-order valence-electron chi connectivity index (χ2n) is 4.79. The van der Waals surface area contributed by atoms with Crippen molar-refractivity contribution in [3.8, 4) is 0 Å². The number of nitro groups is 1. The molecule has 2 aromatic carbocycles. The van der Waals surface area contributed by atoms with Crippen LogP contribution < -0.4 is 5.32 Å². The molecule has 7 nitrogen and oxygen atoms in total. The van der Waals surface area contributed by atoms with E-state index in [-0.39, 0.29) is 12.3 Å². The van der Waals surface area contributed by atoms with Gasteiger partial charge in [-0.3, -0.25) is 10.1 Å². The maximum Gasteiger partial charge on any atom is 0.408 e. The molecular weight excluding hydrogens is 300 g/mol. The predicted octanol–water partition coefficient (Wildman–Crippen LogP) is 2.55. The van der Waals surface area contributed by atoms with Crippen molar-refractivity contribution >= 4 is 11.8 Å². The summed E-state index contributed by atoms with van der Waals surface area (Å²) in [5.41, 5.74) is 1.15. The highest BCUT2D eigenvalue weighted by atomic mass is 16.6. The fourth-order valence-corrected chi connectivity index (χ4v) is 2.00. The van der Waals surface area contributed by atoms with Gasteiger partial charge in [0.2, 0.25) is 0 Å². The summed E-state index contributed by atoms with van der Waals surface area (Å²) in [4.78, 5) is 22.0. The molecule has 0 saturated heterocycles. The van der Waals surface area contributed by atoms with Gasteiger partial charge in [0, 0.05) is 12.1 Å². The van der Waals surface area contributed by atoms with E-state index in [0.717, 1.165) is 5.56 Å². The maximum atomic E-state index is 11.8. The van der Waals surface area contributed by atoms with Gasteiger partial charge in [-0.1, -0.05) is 42.5 Å². The molecule has 0 aliphatic carbocycles. The quantitative estimate of drug-likeness (QED) is 0.630. The number of alkyl carbamates (subject to hydrolysis) is 1. The normalized spacial score (nSPS) is 11.5. The van der Waals surface area contributed by atoms with Crippen LogP contribution in [0.5, 0.6) is 0 Å². The Kier molecular flexibility index (Phi) is 5.65. The lowest BCUT2D eigenvalue weighted by molar-refractivity contribution is -0.384. The van der Waals surface area contributed by atoms with E-state index in [1.165, 1.54) is 18.2 Å². The number of rotatable bonds is 6. The smallest absolute Gasteiger partial charge is 0.408 e. The second-order valence-corrected chi connectivity index (χ2v) is 4.79. The Morgan fingerprint density at radius 2 is 1.96 bits per heavy atom. The number of nitrogens with one attached hydrogen (secondary N) is 1. The Morgan fingerprint density at radius 3 is 2.61 bits per heavy atom. The van der Waals surface area contributed by atoms with Crippen LogP contribution in [0.3, 0.4) is 0 Å². The first-order valence-corrected chi connectivity index (χ1v) is 6.92. The molecule has 1 amide bonds. The molecule has 0 aromatic heterocycles. The van der Waals surface area contributed by atoms with Crippen molar-refractivity contribution in [2.75, 3.05) is 6.61 Å². The van der Waals surface area contributed by atoms with E-state index in [1.54, 1.807) is 6.07 Å². The van der Waals surface area contributed by atoms with Gasteiger partial charge in [-0.15, -0.1) is 0 Å². The first-order valence-electron chi connectivity index (χ1n) is 6.92. The zero-order chi connectivity index (χ0) is 16.7. The lowest BCUT2D eigenvalue weighted by atomic mass is 10.1. The summed E-state index contributed by atoms with van der Waals surface area (Å²) in [5, 5.41) is 22.7. The van der Waals surface area contributed by atoms with Crippen LogP contribution in [-0.4, -0.2) is 22.7 Å². The number of nitrogens with zero attached hydrogens (tertiary/aromatic N) is 1. The van der Waals surface area contributed by atoms with Gasteiger partial charge in [-0.25, -0.2) is 4.79 Å². The molecule has 0 spiro atoms. The van der Waals surface area contributed by atoms with Crippen LogP contribution in [-0.2, 0) is 11.3 Å². The van der Waals surface area contributed by atoms with Crippen LogP contribution in [0.15, 0.2) is 54.6 Å². The average Bonchev–Trinajstić information content (AvgIpc) is 2.59. The lowest BCUT2D eigenvalue weighted by Crippen LogP contribution is -2.31. The highest BCUT2D eigenvalue weighted by molar-refractivity contribution is 5.68. The van der Waals surface area contributed by atoms with E-state index in [9.17, 15) is 20.0 Å². The van der Waals surface area contributed by atoms with E-state index in [0.29, 0.717) is 5.56 Å². The fourth-order valence-electron chi connectivity index (χ4n) is 2.00. The molecule has 120 valence electrons. The summed E-state index contributed by atoms with van der Waals surface area (Å²) in [6.45, 7) is -0.304. The fraction of sp³-hybridized carbons (Fsp3) is 0.188. The van der Waals surface area contributed by atoms with E-state index in [2.05, 4.69) is 5.32 Å². The highest BCUT2D eigenvalue weighted by Gasteiger charge is 2.17. The van der Waals surface area contributed by atoms with Crippen molar-refractivity contribution in [2.45, 2.75) is 12.6 Å². The number of aliphatic hydroxyl groups excluding tert-OH is 1. The number of hydrogen-bond acceptors (Lipinski definition) is 5. The third kappa shape index (κ3) is 4.79. The first-order chi connectivity index (χ1) is 11.1. The second kappa shape index (κ2) is 7.90. The molecule has 7 heteroatoms. The zero-order valence-electron chi connectivity index (χ0n) is 12.2. The molecule has 0 bridgehead atoms. The molecule has 0 heterocycles. The van der Waals surface area contributed by atoms with E-state index in [4.69, 9.17) is 4.74 Å². The van der Waals surface area contributed by atoms with Gasteiger partial charge in [0.1, 0.15) is 6.61 Å². The minimum atomic E-state index is -0.779. The number of benzene rings is 2. The van der Waals surface area contributed by atoms with Gasteiger partial charge in [0.15, 0.2) is 0 Å². The monoisotopic (exact) mass is 316 g/mol. The maximum absolute atomic E-state index is 11.8. The number of non-ortho nitro benzene ring substituents is 1. The first kappa shape index (κ1) is 16.4. The average molecular weight is 316 g/mol. The molecule has 2 rings (SSSR count). The summed E-state index contributed by atoms with van der Waals surface area (Å²) >= 11 is 0. The van der Waals surface area contributed by atoms with Gasteiger partial charge in [-0.2, -0.15) is 0 Å². The molecule has 0 aliphatic heterocycles. The van der Waals surface area contributed by atoms with E-state index in [1.807, 2.05) is 30.3 Å². The van der Waals surface area contributed by atoms with Crippen molar-refractivity contribution in [3.05, 3.63) is 75.8 Å². The summed E-state index contributed by atoms with van der Waals surface area (Å²) in [6.07, 6.45) is -0.709. The van der Waals surface area contributed by atoms with Crippen LogP contribution in [0.25, 0.3) is 0 Å². The molecule has 2 N–H and O–H groups in total. The molecule has 1 atom stereocenters. The van der Waals surface area contributed by atoms with Gasteiger partial charge in [0.05, 0.1) is 17.6 Å². The summed E-state index contributed by atoms with van der Waals surface area (Å²) in [6, 6.07) is 14.1. The Bertz CT molecular complexity index is 675. The summed E-state index contributed by atoms with van der Waals surface area (Å²) < 4.78 is 5.06. The SMILES string of the molecule is O=C(N[C@H](CO)c1cccc([N+](=O)[O-])c1)OCc1ccccc1. The standard InChI is InChI=1S/C16H16N2O5/c19-10-15(13-7-4-8-14(9-13)18(21)22)17-16(20)23-11-12-5-2-1-3-6-12/h1-9,15,19H,10-11H2,(H,17,20)/t15-/m1/s1. The largest absolute Gasteiger partial charge is 0.445 e. The molecule has 23 heavy (non-hydrogen) atoms. The Hall–Kier alpha value is -2.93. The van der Waals surface area contributed by atoms with Crippen LogP contribution in [0, 0.1) is 10.1 Å². The minimum Gasteiger partial charge on any atom is -0.445 e. The van der Waals surface area contributed by atoms with Gasteiger partial charge in [-0.05, 0) is 11.1 Å². The topological polar surface area (TPSA) is 102 Å². The summed E-state index contributed by atoms with van der Waals surface area (Å²) in [5.74, 6) is 0. The van der Waals surface area contributed by atoms with Crippen molar-refractivity contribution in [1.82, 2.24) is 5.32 Å². The molecule has 0 radical (unpaired) electrons. The van der Waals surface area contributed by atoms with Crippen LogP contribution in [0.4, 0.5) is 10.5 Å². The molecule has 0 aliphatic rings. The number of hydrogen-bond donors (Lipinski definition) is 2. The van der Waals surface area contributed by atoms with Gasteiger partial charge >= 0.3 is 6.09 Å². The van der Waals surface area contributed by atoms with Crippen LogP contribution >= 0.6 is 0 Å². The molecular formula is C16H16N2O5. The van der Waals surface area contributed by atoms with E-state index >= 15 is 0 Å². The van der Waals surface area contributed by atoms with Gasteiger partial charge in [0.25, 0.3) is 5.69 Å². The Morgan fingerprint density at radius 1 is 1.22 bits per heavy atom. The molecule has 0 saturated carbocycles. The van der Waals surface area contributed by atoms with E-state index < -0.39 is 23.7 Å². The van der Waals surface area contributed by atoms with Crippen LogP contribution in [0.2, 0.25) is 0 Å². The number of amides is 1. The third-order valence-electron chi connectivity index (χ3n) is 3.17. The predicted molar refractivity (Wildman–Crippen MR) is 82.7 cm³/mol.